The summed E-state index contributed by atoms with van der Waals surface area (Å²) in [7, 11) is 1.07. The predicted octanol–water partition coefficient (Wildman–Crippen LogP) is 7.86. The lowest BCUT2D eigenvalue weighted by Gasteiger charge is -2.28. The van der Waals surface area contributed by atoms with Crippen LogP contribution in [-0.4, -0.2) is 30.0 Å². The van der Waals surface area contributed by atoms with Gasteiger partial charge in [-0.05, 0) is 45.0 Å². The predicted molar refractivity (Wildman–Crippen MR) is 137 cm³/mol. The summed E-state index contributed by atoms with van der Waals surface area (Å²) in [5, 5.41) is 0.291. The number of aromatic nitrogens is 1. The molecule has 0 saturated carbocycles. The van der Waals surface area contributed by atoms with Crippen molar-refractivity contribution in [2.75, 3.05) is 12.0 Å². The minimum atomic E-state index is -4.77. The molecule has 0 saturated heterocycles. The van der Waals surface area contributed by atoms with Crippen LogP contribution < -0.4 is 9.64 Å². The molecule has 0 aliphatic rings. The van der Waals surface area contributed by atoms with Crippen molar-refractivity contribution >= 4 is 29.2 Å². The number of hydrogen-bond acceptors (Lipinski definition) is 5. The molecule has 11 heteroatoms. The minimum absolute atomic E-state index is 0.0286. The molecule has 0 N–H and O–H groups in total. The van der Waals surface area contributed by atoms with Crippen LogP contribution in [0.25, 0.3) is 0 Å². The summed E-state index contributed by atoms with van der Waals surface area (Å²) in [5.74, 6) is -4.05. The van der Waals surface area contributed by atoms with Crippen LogP contribution in [-0.2, 0) is 10.9 Å². The van der Waals surface area contributed by atoms with Gasteiger partial charge in [-0.2, -0.15) is 13.2 Å². The Morgan fingerprint density at radius 3 is 2.21 bits per heavy atom. The molecule has 0 atom stereocenters. The molecule has 3 rings (SSSR count). The fraction of sp³-hybridized carbons (Fsp3) is 0.296. The molecule has 1 aromatic heterocycles. The van der Waals surface area contributed by atoms with Gasteiger partial charge in [0.25, 0.3) is 5.91 Å². The Balaban J connectivity index is 0.00000247. The van der Waals surface area contributed by atoms with E-state index in [2.05, 4.69) is 4.98 Å². The number of benzene rings is 2. The molecule has 2 aromatic carbocycles. The van der Waals surface area contributed by atoms with Crippen molar-refractivity contribution in [2.45, 2.75) is 46.8 Å². The summed E-state index contributed by atoms with van der Waals surface area (Å²) >= 11 is 5.83. The zero-order valence-corrected chi connectivity index (χ0v) is 22.4. The van der Waals surface area contributed by atoms with E-state index >= 15 is 4.39 Å². The molecule has 0 spiro atoms. The number of amides is 1. The van der Waals surface area contributed by atoms with Crippen LogP contribution in [0.5, 0.6) is 11.5 Å². The highest BCUT2D eigenvalue weighted by Crippen LogP contribution is 2.40. The molecule has 0 bridgehead atoms. The zero-order valence-electron chi connectivity index (χ0n) is 21.6. The lowest BCUT2D eigenvalue weighted by molar-refractivity contribution is -0.138. The van der Waals surface area contributed by atoms with Gasteiger partial charge in [0.1, 0.15) is 11.4 Å². The maximum absolute atomic E-state index is 15.2. The van der Waals surface area contributed by atoms with E-state index in [0.717, 1.165) is 36.3 Å². The Hall–Kier alpha value is -3.66. The monoisotopic (exact) mass is 554 g/mol. The van der Waals surface area contributed by atoms with Gasteiger partial charge in [-0.15, -0.1) is 0 Å². The van der Waals surface area contributed by atoms with Gasteiger partial charge >= 0.3 is 12.1 Å². The third-order valence-corrected chi connectivity index (χ3v) is 5.28. The standard InChI is InChI=1S/C25H21ClF4N2O4.C2H6/c1-13(2)32(23(33)19-7-6-15(26)12-31-19)20-11-18(27)22(10-16(20)24(34)35-4)36-21-8-5-14(3)9-17(21)25(28,29)30;1-2/h5-13H,1-4H3;1-2H3. The van der Waals surface area contributed by atoms with E-state index in [1.54, 1.807) is 13.8 Å². The van der Waals surface area contributed by atoms with Gasteiger partial charge in [-0.25, -0.2) is 14.2 Å². The van der Waals surface area contributed by atoms with E-state index < -0.39 is 47.0 Å². The van der Waals surface area contributed by atoms with Crippen molar-refractivity contribution in [3.05, 3.63) is 81.9 Å². The summed E-state index contributed by atoms with van der Waals surface area (Å²) in [4.78, 5) is 30.9. The molecule has 0 aliphatic carbocycles. The maximum Gasteiger partial charge on any atom is 0.419 e. The first-order chi connectivity index (χ1) is 17.8. The van der Waals surface area contributed by atoms with E-state index in [4.69, 9.17) is 21.1 Å². The van der Waals surface area contributed by atoms with Crippen molar-refractivity contribution < 1.29 is 36.6 Å². The Kier molecular flexibility index (Phi) is 10.2. The van der Waals surface area contributed by atoms with Crippen molar-refractivity contribution in [3.8, 4) is 11.5 Å². The van der Waals surface area contributed by atoms with Crippen LogP contribution in [0.15, 0.2) is 48.7 Å². The van der Waals surface area contributed by atoms with Crippen LogP contribution in [0, 0.1) is 12.7 Å². The first-order valence-electron chi connectivity index (χ1n) is 11.6. The molecule has 0 radical (unpaired) electrons. The number of carbonyl (C=O) groups excluding carboxylic acids is 2. The quantitative estimate of drug-likeness (QED) is 0.229. The van der Waals surface area contributed by atoms with Crippen molar-refractivity contribution in [1.82, 2.24) is 4.98 Å². The lowest BCUT2D eigenvalue weighted by Crippen LogP contribution is -2.38. The maximum atomic E-state index is 15.2. The van der Waals surface area contributed by atoms with Crippen LogP contribution in [0.4, 0.5) is 23.2 Å². The largest absolute Gasteiger partial charge is 0.465 e. The van der Waals surface area contributed by atoms with Crippen LogP contribution in [0.3, 0.4) is 0 Å². The highest BCUT2D eigenvalue weighted by atomic mass is 35.5. The van der Waals surface area contributed by atoms with Gasteiger partial charge in [-0.3, -0.25) is 4.79 Å². The second kappa shape index (κ2) is 12.7. The summed E-state index contributed by atoms with van der Waals surface area (Å²) in [6, 6.07) is 7.24. The second-order valence-corrected chi connectivity index (χ2v) is 8.46. The third-order valence-electron chi connectivity index (χ3n) is 5.06. The Morgan fingerprint density at radius 2 is 1.68 bits per heavy atom. The number of anilines is 1. The molecule has 6 nitrogen and oxygen atoms in total. The number of halogens is 5. The van der Waals surface area contributed by atoms with Crippen molar-refractivity contribution in [3.63, 3.8) is 0 Å². The fourth-order valence-corrected chi connectivity index (χ4v) is 3.53. The number of alkyl halides is 3. The SMILES string of the molecule is CC.COC(=O)c1cc(Oc2ccc(C)cc2C(F)(F)F)c(F)cc1N(C(=O)c1ccc(Cl)cn1)C(C)C. The molecule has 0 unspecified atom stereocenters. The number of nitrogens with zero attached hydrogens (tertiary/aromatic N) is 2. The average Bonchev–Trinajstić information content (AvgIpc) is 2.86. The van der Waals surface area contributed by atoms with Gasteiger partial charge in [0.2, 0.25) is 0 Å². The summed E-state index contributed by atoms with van der Waals surface area (Å²) in [6.45, 7) is 8.72. The highest BCUT2D eigenvalue weighted by molar-refractivity contribution is 6.30. The first kappa shape index (κ1) is 30.6. The Bertz CT molecular complexity index is 1300. The van der Waals surface area contributed by atoms with Crippen LogP contribution in [0.1, 0.15) is 59.7 Å². The topological polar surface area (TPSA) is 68.7 Å². The van der Waals surface area contributed by atoms with E-state index in [1.807, 2.05) is 13.8 Å². The van der Waals surface area contributed by atoms with Gasteiger partial charge in [0.15, 0.2) is 11.6 Å². The van der Waals surface area contributed by atoms with E-state index in [1.165, 1.54) is 31.3 Å². The molecule has 204 valence electrons. The number of hydrogen-bond donors (Lipinski definition) is 0. The fourth-order valence-electron chi connectivity index (χ4n) is 3.41. The lowest BCUT2D eigenvalue weighted by atomic mass is 10.1. The van der Waals surface area contributed by atoms with Gasteiger partial charge in [-0.1, -0.05) is 37.1 Å². The molecule has 0 fully saturated rings. The molecule has 38 heavy (non-hydrogen) atoms. The van der Waals surface area contributed by atoms with Crippen LogP contribution >= 0.6 is 11.6 Å². The van der Waals surface area contributed by atoms with E-state index in [9.17, 15) is 22.8 Å². The number of rotatable bonds is 6. The van der Waals surface area contributed by atoms with Gasteiger partial charge in [0, 0.05) is 24.4 Å². The normalized spacial score (nSPS) is 10.9. The van der Waals surface area contributed by atoms with E-state index in [0.29, 0.717) is 10.6 Å². The van der Waals surface area contributed by atoms with Gasteiger partial charge in [0.05, 0.1) is 28.9 Å². The number of methoxy groups -OCH3 is 1. The summed E-state index contributed by atoms with van der Waals surface area (Å²) < 4.78 is 65.8. The van der Waals surface area contributed by atoms with Gasteiger partial charge < -0.3 is 14.4 Å². The minimum Gasteiger partial charge on any atom is -0.465 e. The highest BCUT2D eigenvalue weighted by Gasteiger charge is 2.35. The number of aryl methyl sites for hydroxylation is 1. The molecule has 1 heterocycles. The van der Waals surface area contributed by atoms with Crippen LogP contribution in [0.2, 0.25) is 5.02 Å². The molecular weight excluding hydrogens is 528 g/mol. The smallest absolute Gasteiger partial charge is 0.419 e. The van der Waals surface area contributed by atoms with E-state index in [-0.39, 0.29) is 16.9 Å². The van der Waals surface area contributed by atoms with Crippen molar-refractivity contribution in [1.29, 1.82) is 0 Å². The Morgan fingerprint density at radius 1 is 1.03 bits per heavy atom. The second-order valence-electron chi connectivity index (χ2n) is 8.02. The average molecular weight is 555 g/mol. The Labute approximate surface area is 223 Å². The molecule has 1 amide bonds. The number of carbonyl (C=O) groups is 2. The molecule has 0 aliphatic heterocycles. The summed E-state index contributed by atoms with van der Waals surface area (Å²) in [5.41, 5.74) is -1.30. The van der Waals surface area contributed by atoms with Crippen molar-refractivity contribution in [2.24, 2.45) is 0 Å². The zero-order chi connectivity index (χ0) is 28.8. The number of esters is 1. The molecule has 3 aromatic rings. The first-order valence-corrected chi connectivity index (χ1v) is 11.9. The number of pyridine rings is 1. The summed E-state index contributed by atoms with van der Waals surface area (Å²) in [6.07, 6.45) is -3.51. The third kappa shape index (κ3) is 7.00. The molecular formula is C27H27ClF4N2O4. The number of ether oxygens (including phenoxy) is 2.